The molecule has 0 bridgehead atoms. The van der Waals surface area contributed by atoms with Crippen molar-refractivity contribution in [3.05, 3.63) is 29.8 Å². The van der Waals surface area contributed by atoms with Crippen molar-refractivity contribution in [3.8, 4) is 0 Å². The Hall–Kier alpha value is -1.44. The van der Waals surface area contributed by atoms with Gasteiger partial charge >= 0.3 is 0 Å². The molecule has 2 N–H and O–H groups in total. The van der Waals surface area contributed by atoms with Gasteiger partial charge in [-0.2, -0.15) is 0 Å². The fourth-order valence-corrected chi connectivity index (χ4v) is 3.36. The number of amides is 1. The Morgan fingerprint density at radius 2 is 2.23 bits per heavy atom. The molecule has 7 heteroatoms. The Kier molecular flexibility index (Phi) is 5.20. The SMILES string of the molecule is COCC1(CNC(=O)c2cccc(S(C)(=O)=O)c2)CCCN1. The first-order valence-electron chi connectivity index (χ1n) is 7.19. The van der Waals surface area contributed by atoms with Crippen molar-refractivity contribution in [2.45, 2.75) is 23.3 Å². The topological polar surface area (TPSA) is 84.5 Å². The zero-order valence-corrected chi connectivity index (χ0v) is 13.7. The molecule has 6 nitrogen and oxygen atoms in total. The lowest BCUT2D eigenvalue weighted by molar-refractivity contribution is 0.0892. The Morgan fingerprint density at radius 1 is 1.45 bits per heavy atom. The summed E-state index contributed by atoms with van der Waals surface area (Å²) in [6.45, 7) is 1.88. The van der Waals surface area contributed by atoms with Gasteiger partial charge in [-0.1, -0.05) is 6.07 Å². The zero-order valence-electron chi connectivity index (χ0n) is 12.9. The highest BCUT2D eigenvalue weighted by molar-refractivity contribution is 7.90. The second kappa shape index (κ2) is 6.76. The summed E-state index contributed by atoms with van der Waals surface area (Å²) in [5.74, 6) is -0.283. The van der Waals surface area contributed by atoms with Crippen LogP contribution in [0.1, 0.15) is 23.2 Å². The van der Waals surface area contributed by atoms with Crippen molar-refractivity contribution in [1.82, 2.24) is 10.6 Å². The summed E-state index contributed by atoms with van der Waals surface area (Å²) >= 11 is 0. The van der Waals surface area contributed by atoms with E-state index in [1.54, 1.807) is 19.2 Å². The molecule has 0 aromatic heterocycles. The quantitative estimate of drug-likeness (QED) is 0.799. The molecular formula is C15H22N2O4S. The molecule has 122 valence electrons. The van der Waals surface area contributed by atoms with Crippen LogP contribution in [0.25, 0.3) is 0 Å². The van der Waals surface area contributed by atoms with Crippen molar-refractivity contribution in [3.63, 3.8) is 0 Å². The van der Waals surface area contributed by atoms with E-state index < -0.39 is 9.84 Å². The predicted molar refractivity (Wildman–Crippen MR) is 83.7 cm³/mol. The minimum atomic E-state index is -3.32. The number of rotatable bonds is 6. The molecule has 1 aromatic rings. The van der Waals surface area contributed by atoms with Crippen LogP contribution in [0.2, 0.25) is 0 Å². The van der Waals surface area contributed by atoms with Gasteiger partial charge in [0.2, 0.25) is 0 Å². The molecule has 0 radical (unpaired) electrons. The summed E-state index contributed by atoms with van der Waals surface area (Å²) in [6, 6.07) is 6.06. The average molecular weight is 326 g/mol. The first kappa shape index (κ1) is 16.9. The summed E-state index contributed by atoms with van der Waals surface area (Å²) < 4.78 is 28.3. The molecule has 1 unspecified atom stereocenters. The van der Waals surface area contributed by atoms with Crippen LogP contribution in [0.4, 0.5) is 0 Å². The molecule has 0 saturated carbocycles. The van der Waals surface area contributed by atoms with Gasteiger partial charge in [0.25, 0.3) is 5.91 Å². The van der Waals surface area contributed by atoms with Gasteiger partial charge in [0, 0.05) is 25.5 Å². The van der Waals surface area contributed by atoms with Crippen LogP contribution in [-0.4, -0.2) is 52.9 Å². The van der Waals surface area contributed by atoms with Crippen molar-refractivity contribution in [2.75, 3.05) is 33.1 Å². The molecule has 0 spiro atoms. The van der Waals surface area contributed by atoms with E-state index in [0.29, 0.717) is 18.7 Å². The van der Waals surface area contributed by atoms with Gasteiger partial charge < -0.3 is 15.4 Å². The zero-order chi connectivity index (χ0) is 16.2. The number of hydrogen-bond acceptors (Lipinski definition) is 5. The number of carbonyl (C=O) groups excluding carboxylic acids is 1. The number of benzene rings is 1. The summed E-state index contributed by atoms with van der Waals surface area (Å²) in [5.41, 5.74) is 0.104. The Bertz CT molecular complexity index is 637. The molecule has 1 fully saturated rings. The number of hydrogen-bond donors (Lipinski definition) is 2. The lowest BCUT2D eigenvalue weighted by atomic mass is 9.98. The Labute approximate surface area is 131 Å². The number of carbonyl (C=O) groups is 1. The third-order valence-corrected chi connectivity index (χ3v) is 4.97. The number of sulfone groups is 1. The minimum absolute atomic E-state index is 0.144. The van der Waals surface area contributed by atoms with Gasteiger partial charge in [-0.05, 0) is 37.6 Å². The van der Waals surface area contributed by atoms with Crippen LogP contribution < -0.4 is 10.6 Å². The smallest absolute Gasteiger partial charge is 0.251 e. The minimum Gasteiger partial charge on any atom is -0.383 e. The monoisotopic (exact) mass is 326 g/mol. The maximum Gasteiger partial charge on any atom is 0.251 e. The van der Waals surface area contributed by atoms with Crippen LogP contribution >= 0.6 is 0 Å². The fourth-order valence-electron chi connectivity index (χ4n) is 2.69. The lowest BCUT2D eigenvalue weighted by Gasteiger charge is -2.29. The van der Waals surface area contributed by atoms with Crippen LogP contribution in [0.5, 0.6) is 0 Å². The summed E-state index contributed by atoms with van der Waals surface area (Å²) in [6.07, 6.45) is 3.10. The van der Waals surface area contributed by atoms with Crippen molar-refractivity contribution in [1.29, 1.82) is 0 Å². The van der Waals surface area contributed by atoms with E-state index in [-0.39, 0.29) is 16.3 Å². The molecule has 1 heterocycles. The highest BCUT2D eigenvalue weighted by atomic mass is 32.2. The van der Waals surface area contributed by atoms with Crippen LogP contribution in [-0.2, 0) is 14.6 Å². The molecule has 2 rings (SSSR count). The lowest BCUT2D eigenvalue weighted by Crippen LogP contribution is -2.53. The van der Waals surface area contributed by atoms with Crippen molar-refractivity contribution in [2.24, 2.45) is 0 Å². The molecule has 1 atom stereocenters. The molecule has 0 aliphatic carbocycles. The normalized spacial score (nSPS) is 21.7. The van der Waals surface area contributed by atoms with Gasteiger partial charge in [0.15, 0.2) is 9.84 Å². The second-order valence-electron chi connectivity index (χ2n) is 5.73. The van der Waals surface area contributed by atoms with Crippen LogP contribution in [0.15, 0.2) is 29.2 Å². The molecule has 1 aliphatic heterocycles. The highest BCUT2D eigenvalue weighted by Crippen LogP contribution is 2.19. The predicted octanol–water partition coefficient (Wildman–Crippen LogP) is 0.589. The molecule has 1 aliphatic rings. The summed E-state index contributed by atoms with van der Waals surface area (Å²) in [5, 5.41) is 6.25. The number of nitrogens with one attached hydrogen (secondary N) is 2. The molecular weight excluding hydrogens is 304 g/mol. The van der Waals surface area contributed by atoms with Crippen molar-refractivity contribution >= 4 is 15.7 Å². The largest absolute Gasteiger partial charge is 0.383 e. The maximum absolute atomic E-state index is 12.3. The second-order valence-corrected chi connectivity index (χ2v) is 7.74. The first-order chi connectivity index (χ1) is 10.4. The first-order valence-corrected chi connectivity index (χ1v) is 9.08. The standard InChI is InChI=1S/C15H22N2O4S/c1-21-11-15(7-4-8-17-15)10-16-14(18)12-5-3-6-13(9-12)22(2,19)20/h3,5-6,9,17H,4,7-8,10-11H2,1-2H3,(H,16,18). The van der Waals surface area contributed by atoms with Gasteiger partial charge in [0.1, 0.15) is 0 Å². The van der Waals surface area contributed by atoms with Gasteiger partial charge in [-0.25, -0.2) is 8.42 Å². The van der Waals surface area contributed by atoms with E-state index in [9.17, 15) is 13.2 Å². The highest BCUT2D eigenvalue weighted by Gasteiger charge is 2.33. The van der Waals surface area contributed by atoms with E-state index in [4.69, 9.17) is 4.74 Å². The van der Waals surface area contributed by atoms with Crippen molar-refractivity contribution < 1.29 is 17.9 Å². The van der Waals surface area contributed by atoms with Crippen LogP contribution in [0.3, 0.4) is 0 Å². The van der Waals surface area contributed by atoms with E-state index >= 15 is 0 Å². The van der Waals surface area contributed by atoms with Gasteiger partial charge in [0.05, 0.1) is 17.0 Å². The summed E-state index contributed by atoms with van der Waals surface area (Å²) in [4.78, 5) is 12.4. The van der Waals surface area contributed by atoms with E-state index in [0.717, 1.165) is 25.6 Å². The average Bonchev–Trinajstić information content (AvgIpc) is 2.93. The third kappa shape index (κ3) is 4.06. The summed E-state index contributed by atoms with van der Waals surface area (Å²) in [7, 11) is -1.68. The molecule has 1 saturated heterocycles. The number of ether oxygens (including phenoxy) is 1. The fraction of sp³-hybridized carbons (Fsp3) is 0.533. The molecule has 22 heavy (non-hydrogen) atoms. The van der Waals surface area contributed by atoms with E-state index in [1.165, 1.54) is 12.1 Å². The van der Waals surface area contributed by atoms with E-state index in [2.05, 4.69) is 10.6 Å². The third-order valence-electron chi connectivity index (χ3n) is 3.86. The number of methoxy groups -OCH3 is 1. The van der Waals surface area contributed by atoms with Crippen LogP contribution in [0, 0.1) is 0 Å². The Balaban J connectivity index is 2.06. The maximum atomic E-state index is 12.3. The molecule has 1 aromatic carbocycles. The Morgan fingerprint density at radius 3 is 2.82 bits per heavy atom. The molecule has 1 amide bonds. The van der Waals surface area contributed by atoms with E-state index in [1.807, 2.05) is 0 Å². The van der Waals surface area contributed by atoms with Gasteiger partial charge in [-0.15, -0.1) is 0 Å². The van der Waals surface area contributed by atoms with Gasteiger partial charge in [-0.3, -0.25) is 4.79 Å².